The van der Waals surface area contributed by atoms with E-state index >= 15 is 0 Å². The Balaban J connectivity index is 2.10. The molecule has 4 heteroatoms. The second-order valence-electron chi connectivity index (χ2n) is 5.52. The van der Waals surface area contributed by atoms with Crippen molar-refractivity contribution in [3.05, 3.63) is 0 Å². The summed E-state index contributed by atoms with van der Waals surface area (Å²) in [6, 6.07) is 0. The van der Waals surface area contributed by atoms with Crippen molar-refractivity contribution < 1.29 is 20.4 Å². The third kappa shape index (κ3) is 0.795. The Labute approximate surface area is 82.2 Å². The summed E-state index contributed by atoms with van der Waals surface area (Å²) in [5, 5.41) is 40.0. The SMILES string of the molecule is OC12CC3CC(C1)CC(O)(C3)C2(O)O. The molecular formula is C10H16O4. The lowest BCUT2D eigenvalue weighted by Gasteiger charge is -2.64. The molecule has 0 aromatic carbocycles. The molecule has 4 fully saturated rings. The molecule has 4 aliphatic rings. The van der Waals surface area contributed by atoms with Crippen molar-refractivity contribution in [2.45, 2.75) is 49.1 Å². The van der Waals surface area contributed by atoms with Crippen molar-refractivity contribution in [2.24, 2.45) is 11.8 Å². The van der Waals surface area contributed by atoms with E-state index in [1.165, 1.54) is 0 Å². The predicted molar refractivity (Wildman–Crippen MR) is 47.1 cm³/mol. The van der Waals surface area contributed by atoms with E-state index in [9.17, 15) is 20.4 Å². The lowest BCUT2D eigenvalue weighted by molar-refractivity contribution is -0.407. The average Bonchev–Trinajstić information content (AvgIpc) is 1.98. The quantitative estimate of drug-likeness (QED) is 0.392. The highest BCUT2D eigenvalue weighted by molar-refractivity contribution is 5.18. The molecule has 0 amide bonds. The van der Waals surface area contributed by atoms with Crippen LogP contribution in [0.1, 0.15) is 32.1 Å². The molecule has 80 valence electrons. The number of aliphatic hydroxyl groups is 4. The largest absolute Gasteiger partial charge is 0.384 e. The molecular weight excluding hydrogens is 184 g/mol. The first kappa shape index (κ1) is 9.09. The topological polar surface area (TPSA) is 80.9 Å². The van der Waals surface area contributed by atoms with Gasteiger partial charge in [-0.1, -0.05) is 0 Å². The van der Waals surface area contributed by atoms with Gasteiger partial charge in [0.25, 0.3) is 0 Å². The van der Waals surface area contributed by atoms with Crippen LogP contribution in [0.2, 0.25) is 0 Å². The molecule has 4 nitrogen and oxygen atoms in total. The third-order valence-electron chi connectivity index (χ3n) is 4.47. The van der Waals surface area contributed by atoms with E-state index in [-0.39, 0.29) is 11.8 Å². The van der Waals surface area contributed by atoms with Gasteiger partial charge in [0.1, 0.15) is 11.2 Å². The summed E-state index contributed by atoms with van der Waals surface area (Å²) >= 11 is 0. The Bertz CT molecular complexity index is 248. The van der Waals surface area contributed by atoms with Crippen LogP contribution in [-0.2, 0) is 0 Å². The number of hydrogen-bond acceptors (Lipinski definition) is 4. The molecule has 0 atom stereocenters. The molecule has 0 heterocycles. The van der Waals surface area contributed by atoms with Crippen LogP contribution in [0.3, 0.4) is 0 Å². The molecule has 4 aliphatic carbocycles. The number of rotatable bonds is 0. The maximum Gasteiger partial charge on any atom is 0.222 e. The van der Waals surface area contributed by atoms with E-state index in [0.29, 0.717) is 25.7 Å². The highest BCUT2D eigenvalue weighted by Gasteiger charge is 2.71. The minimum absolute atomic E-state index is 0.255. The minimum Gasteiger partial charge on any atom is -0.384 e. The van der Waals surface area contributed by atoms with Crippen molar-refractivity contribution in [3.63, 3.8) is 0 Å². The summed E-state index contributed by atoms with van der Waals surface area (Å²) in [4.78, 5) is 0. The van der Waals surface area contributed by atoms with Crippen LogP contribution in [0.25, 0.3) is 0 Å². The normalized spacial score (nSPS) is 59.1. The van der Waals surface area contributed by atoms with Gasteiger partial charge in [0.2, 0.25) is 5.79 Å². The Kier molecular flexibility index (Phi) is 1.41. The van der Waals surface area contributed by atoms with Crippen molar-refractivity contribution in [1.29, 1.82) is 0 Å². The fraction of sp³-hybridized carbons (Fsp3) is 1.00. The van der Waals surface area contributed by atoms with Crippen LogP contribution in [0, 0.1) is 11.8 Å². The zero-order chi connectivity index (χ0) is 10.2. The van der Waals surface area contributed by atoms with Crippen LogP contribution in [0.15, 0.2) is 0 Å². The van der Waals surface area contributed by atoms with Crippen molar-refractivity contribution in [1.82, 2.24) is 0 Å². The molecule has 0 aliphatic heterocycles. The molecule has 0 aromatic rings. The lowest BCUT2D eigenvalue weighted by Crippen LogP contribution is -2.77. The summed E-state index contributed by atoms with van der Waals surface area (Å²) in [5.41, 5.74) is -2.96. The van der Waals surface area contributed by atoms with Crippen LogP contribution >= 0.6 is 0 Å². The summed E-state index contributed by atoms with van der Waals surface area (Å²) in [5.74, 6) is -1.80. The van der Waals surface area contributed by atoms with Gasteiger partial charge in [-0.2, -0.15) is 0 Å². The van der Waals surface area contributed by atoms with E-state index < -0.39 is 17.0 Å². The maximum absolute atomic E-state index is 10.1. The lowest BCUT2D eigenvalue weighted by atomic mass is 9.49. The fourth-order valence-electron chi connectivity index (χ4n) is 4.03. The first-order valence-electron chi connectivity index (χ1n) is 5.26. The van der Waals surface area contributed by atoms with Crippen molar-refractivity contribution in [3.8, 4) is 0 Å². The molecule has 4 bridgehead atoms. The molecule has 0 spiro atoms. The summed E-state index contributed by atoms with van der Waals surface area (Å²) < 4.78 is 0. The number of hydrogen-bond donors (Lipinski definition) is 4. The van der Waals surface area contributed by atoms with Crippen LogP contribution in [0.5, 0.6) is 0 Å². The Morgan fingerprint density at radius 2 is 1.07 bits per heavy atom. The summed E-state index contributed by atoms with van der Waals surface area (Å²) in [6.45, 7) is 0. The van der Waals surface area contributed by atoms with E-state index in [1.54, 1.807) is 0 Å². The van der Waals surface area contributed by atoms with Gasteiger partial charge >= 0.3 is 0 Å². The monoisotopic (exact) mass is 200 g/mol. The molecule has 4 N–H and O–H groups in total. The molecule has 4 saturated carbocycles. The van der Waals surface area contributed by atoms with E-state index in [2.05, 4.69) is 0 Å². The maximum atomic E-state index is 10.1. The van der Waals surface area contributed by atoms with Gasteiger partial charge in [-0.05, 0) is 43.9 Å². The van der Waals surface area contributed by atoms with Gasteiger partial charge in [0.15, 0.2) is 0 Å². The minimum atomic E-state index is -2.31. The van der Waals surface area contributed by atoms with E-state index in [0.717, 1.165) is 6.42 Å². The summed E-state index contributed by atoms with van der Waals surface area (Å²) in [6.07, 6.45) is 2.68. The fourth-order valence-corrected chi connectivity index (χ4v) is 4.03. The third-order valence-corrected chi connectivity index (χ3v) is 4.47. The smallest absolute Gasteiger partial charge is 0.222 e. The average molecular weight is 200 g/mol. The van der Waals surface area contributed by atoms with Gasteiger partial charge in [0, 0.05) is 0 Å². The highest BCUT2D eigenvalue weighted by atomic mass is 16.6. The predicted octanol–water partition coefficient (Wildman–Crippen LogP) is -0.647. The standard InChI is InChI=1S/C10H16O4/c11-8-2-6-1-7(4-8)5-9(12,3-6)10(8,13)14/h6-7,11-14H,1-5H2. The molecule has 4 rings (SSSR count). The van der Waals surface area contributed by atoms with Crippen LogP contribution < -0.4 is 0 Å². The van der Waals surface area contributed by atoms with Gasteiger partial charge < -0.3 is 20.4 Å². The van der Waals surface area contributed by atoms with Gasteiger partial charge in [-0.3, -0.25) is 0 Å². The summed E-state index contributed by atoms with van der Waals surface area (Å²) in [7, 11) is 0. The first-order valence-corrected chi connectivity index (χ1v) is 5.26. The zero-order valence-electron chi connectivity index (χ0n) is 7.98. The van der Waals surface area contributed by atoms with Gasteiger partial charge in [0.05, 0.1) is 0 Å². The molecule has 0 unspecified atom stereocenters. The second kappa shape index (κ2) is 2.16. The van der Waals surface area contributed by atoms with Gasteiger partial charge in [-0.25, -0.2) is 0 Å². The Morgan fingerprint density at radius 1 is 0.714 bits per heavy atom. The molecule has 14 heavy (non-hydrogen) atoms. The first-order chi connectivity index (χ1) is 6.36. The Hall–Kier alpha value is -0.160. The molecule has 0 saturated heterocycles. The molecule has 0 radical (unpaired) electrons. The van der Waals surface area contributed by atoms with Crippen molar-refractivity contribution in [2.75, 3.05) is 0 Å². The van der Waals surface area contributed by atoms with Crippen LogP contribution in [-0.4, -0.2) is 37.4 Å². The zero-order valence-corrected chi connectivity index (χ0v) is 7.98. The van der Waals surface area contributed by atoms with Crippen molar-refractivity contribution >= 4 is 0 Å². The Morgan fingerprint density at radius 3 is 1.43 bits per heavy atom. The second-order valence-corrected chi connectivity index (χ2v) is 5.52. The van der Waals surface area contributed by atoms with E-state index in [4.69, 9.17) is 0 Å². The van der Waals surface area contributed by atoms with E-state index in [1.807, 2.05) is 0 Å². The van der Waals surface area contributed by atoms with Crippen LogP contribution in [0.4, 0.5) is 0 Å². The highest BCUT2D eigenvalue weighted by Crippen LogP contribution is 2.60. The van der Waals surface area contributed by atoms with Gasteiger partial charge in [-0.15, -0.1) is 0 Å². The molecule has 0 aromatic heterocycles.